The third-order valence-corrected chi connectivity index (χ3v) is 18.1. The van der Waals surface area contributed by atoms with E-state index in [4.69, 9.17) is 68.8 Å². The number of fused-ring (bicyclic) bond motifs is 16. The monoisotopic (exact) mass is 1470 g/mol. The number of primary amides is 1. The van der Waals surface area contributed by atoms with E-state index in [1.54, 1.807) is 13.8 Å². The molecule has 0 radical (unpaired) electrons. The largest absolute Gasteiger partial charge is 0.508 e. The second-order valence-electron chi connectivity index (χ2n) is 25.6. The van der Waals surface area contributed by atoms with Crippen molar-refractivity contribution in [1.82, 2.24) is 31.9 Å². The number of carboxylic acids is 2. The van der Waals surface area contributed by atoms with Crippen molar-refractivity contribution in [2.45, 2.75) is 156 Å². The van der Waals surface area contributed by atoms with Gasteiger partial charge in [0.2, 0.25) is 47.5 Å². The summed E-state index contributed by atoms with van der Waals surface area (Å²) in [7, 11) is 1.46. The van der Waals surface area contributed by atoms with Crippen LogP contribution in [-0.2, 0) is 52.6 Å². The highest BCUT2D eigenvalue weighted by Gasteiger charge is 2.51. The number of halogens is 2. The fraction of sp³-hybridized carbons (Fsp3) is 0.424. The third-order valence-electron chi connectivity index (χ3n) is 17.5. The summed E-state index contributed by atoms with van der Waals surface area (Å²) in [6.45, 7) is 5.60. The smallest absolute Gasteiger partial charge is 0.329 e. The first-order valence-corrected chi connectivity index (χ1v) is 32.4. The van der Waals surface area contributed by atoms with Gasteiger partial charge in [0.1, 0.15) is 89.5 Å². The van der Waals surface area contributed by atoms with Crippen molar-refractivity contribution >= 4 is 70.6 Å². The second-order valence-corrected chi connectivity index (χ2v) is 26.4. The molecule has 6 aliphatic heterocycles. The first-order valence-electron chi connectivity index (χ1n) is 31.6. The minimum atomic E-state index is -2.41. The fourth-order valence-electron chi connectivity index (χ4n) is 12.1. The molecule has 2 saturated heterocycles. The molecule has 7 bridgehead atoms. The maximum Gasteiger partial charge on any atom is 0.329 e. The van der Waals surface area contributed by atoms with Crippen LogP contribution in [0.25, 0.3) is 11.1 Å². The molecule has 18 atom stereocenters. The summed E-state index contributed by atoms with van der Waals surface area (Å²) in [5, 5.41) is 137. The Morgan fingerprint density at radius 3 is 1.87 bits per heavy atom. The molecule has 550 valence electrons. The lowest BCUT2D eigenvalue weighted by Crippen LogP contribution is -2.64. The predicted molar refractivity (Wildman–Crippen MR) is 353 cm³/mol. The Hall–Kier alpha value is -9.24. The standard InChI is InChI=1S/C66H77Cl2N9O25/c1-23(2)12-34(72-5)58(88)76-49-51(83)26-7-10-38(32(67)14-26)98-40-16-28-17-41(55(40)102-65-56(54(86)53(85)42(22-78)100-65)101-44-21-66(4,71)57(87)24(3)97-44)99-39-11-8-27(15-33(39)68)52(84)50(64(95)96)77-60(90)47(75-61(91)48(28)74-59(89)35(20-43(69)82)73-62(49)92)25-6-9-36(80)30(13-25)45-31(46(70)63(93)94)18-29(79)19-37(45)81/h6-11,13-19,23-24,34-35,42,44,46-54,56-57,65,72,78-81,83-87H,12,20-22,70-71H2,1-5H3,(H2,69,82)(H,73,92)(H,74,89)(H,75,91)(H,76,88)(H,77,90)(H,93,94)(H,95,96)/t24-,34+,35-,42+,44-,46-,47+,48+,49+,50-,51+,52+,53+,54-,56+,57+,65-,66-/m0/s1. The molecule has 11 rings (SSSR count). The molecule has 5 aromatic rings. The zero-order valence-corrected chi connectivity index (χ0v) is 56.4. The molecule has 0 aromatic heterocycles. The van der Waals surface area contributed by atoms with Crippen molar-refractivity contribution in [1.29, 1.82) is 0 Å². The summed E-state index contributed by atoms with van der Waals surface area (Å²) >= 11 is 14.0. The maximum atomic E-state index is 16.0. The molecule has 0 saturated carbocycles. The Balaban J connectivity index is 1.33. The van der Waals surface area contributed by atoms with Crippen molar-refractivity contribution in [2.24, 2.45) is 23.1 Å². The van der Waals surface area contributed by atoms with Gasteiger partial charge in [-0.25, -0.2) is 4.79 Å². The maximum absolute atomic E-state index is 16.0. The molecule has 0 unspecified atom stereocenters. The lowest BCUT2D eigenvalue weighted by Gasteiger charge is -2.47. The van der Waals surface area contributed by atoms with Crippen LogP contribution in [0.15, 0.2) is 78.9 Å². The van der Waals surface area contributed by atoms with Crippen LogP contribution in [0.2, 0.25) is 10.0 Å². The van der Waals surface area contributed by atoms with Crippen molar-refractivity contribution in [2.75, 3.05) is 13.7 Å². The number of phenols is 3. The summed E-state index contributed by atoms with van der Waals surface area (Å²) in [5.41, 5.74) is 13.7. The number of amides is 6. The average Bonchev–Trinajstić information content (AvgIpc) is 0.776. The van der Waals surface area contributed by atoms with Crippen LogP contribution in [-0.4, -0.2) is 196 Å². The Morgan fingerprint density at radius 1 is 0.725 bits per heavy atom. The van der Waals surface area contributed by atoms with Crippen molar-refractivity contribution in [3.63, 3.8) is 0 Å². The van der Waals surface area contributed by atoms with Gasteiger partial charge in [0.15, 0.2) is 29.9 Å². The molecule has 0 spiro atoms. The topological polar surface area (TPSA) is 565 Å². The summed E-state index contributed by atoms with van der Waals surface area (Å²) in [5.74, 6) is -16.8. The van der Waals surface area contributed by atoms with E-state index in [1.807, 2.05) is 0 Å². The molecule has 0 aliphatic carbocycles. The van der Waals surface area contributed by atoms with E-state index in [-0.39, 0.29) is 40.7 Å². The molecule has 36 heteroatoms. The van der Waals surface area contributed by atoms with Gasteiger partial charge in [-0.3, -0.25) is 33.6 Å². The van der Waals surface area contributed by atoms with E-state index in [0.717, 1.165) is 72.8 Å². The predicted octanol–water partition coefficient (Wildman–Crippen LogP) is 0.0197. The molecule has 5 aromatic carbocycles. The van der Waals surface area contributed by atoms with Crippen molar-refractivity contribution in [3.05, 3.63) is 117 Å². The van der Waals surface area contributed by atoms with Crippen molar-refractivity contribution in [3.8, 4) is 57.1 Å². The zero-order chi connectivity index (χ0) is 74.8. The van der Waals surface area contributed by atoms with E-state index in [2.05, 4.69) is 31.9 Å². The number of carboxylic acid groups (broad SMARTS) is 2. The van der Waals surface area contributed by atoms with Gasteiger partial charge in [0.05, 0.1) is 41.3 Å². The minimum absolute atomic E-state index is 0.112. The summed E-state index contributed by atoms with van der Waals surface area (Å²) in [6.07, 6.45) is -18.8. The number of phenolic OH excluding ortho intramolecular Hbond substituents is 3. The zero-order valence-electron chi connectivity index (χ0n) is 54.8. The van der Waals surface area contributed by atoms with E-state index in [0.29, 0.717) is 0 Å². The number of carbonyl (C=O) groups is 8. The Morgan fingerprint density at radius 2 is 1.31 bits per heavy atom. The van der Waals surface area contributed by atoms with Crippen LogP contribution in [0.5, 0.6) is 46.0 Å². The van der Waals surface area contributed by atoms with Gasteiger partial charge in [0, 0.05) is 29.2 Å². The minimum Gasteiger partial charge on any atom is -0.508 e. The number of benzene rings is 5. The lowest BCUT2D eigenvalue weighted by molar-refractivity contribution is -0.333. The number of aliphatic hydroxyl groups excluding tert-OH is 6. The number of hydrogen-bond acceptors (Lipinski definition) is 26. The van der Waals surface area contributed by atoms with Gasteiger partial charge in [-0.2, -0.15) is 0 Å². The van der Waals surface area contributed by atoms with Crippen LogP contribution in [0.4, 0.5) is 0 Å². The molecule has 102 heavy (non-hydrogen) atoms. The highest BCUT2D eigenvalue weighted by Crippen LogP contribution is 2.50. The van der Waals surface area contributed by atoms with E-state index < -0.39 is 243 Å². The van der Waals surface area contributed by atoms with Gasteiger partial charge in [-0.05, 0) is 116 Å². The number of ether oxygens (including phenoxy) is 6. The molecule has 23 N–H and O–H groups in total. The summed E-state index contributed by atoms with van der Waals surface area (Å²) in [4.78, 5) is 114. The first kappa shape index (κ1) is 76.9. The van der Waals surface area contributed by atoms with Crippen LogP contribution >= 0.6 is 23.2 Å². The second kappa shape index (κ2) is 31.6. The number of hydrogen-bond donors (Lipinski definition) is 20. The summed E-state index contributed by atoms with van der Waals surface area (Å²) < 4.78 is 38.1. The van der Waals surface area contributed by atoms with Gasteiger partial charge >= 0.3 is 11.9 Å². The molecular formula is C66H77Cl2N9O25. The number of carbonyl (C=O) groups excluding carboxylic acids is 6. The highest BCUT2D eigenvalue weighted by molar-refractivity contribution is 6.32. The van der Waals surface area contributed by atoms with Crippen LogP contribution in [0.1, 0.15) is 105 Å². The van der Waals surface area contributed by atoms with Gasteiger partial charge < -0.3 is 134 Å². The normalized spacial score (nSPS) is 28.3. The first-order chi connectivity index (χ1) is 48.0. The van der Waals surface area contributed by atoms with Crippen LogP contribution in [0, 0.1) is 5.92 Å². The SMILES string of the molecule is CN[C@H](CC(C)C)C(=O)N[C@H]1C(=O)N[C@@H](CC(N)=O)C(=O)N[C@H]2C(=O)N[C@H](c3ccc(O)c(-c4c(O)cc(O)cc4[C@H](N)C(=O)O)c3)C(=O)N[C@H](C(=O)O)[C@H](O)c3ccc(c(Cl)c3)Oc3cc2cc(c3O[C@@H]2O[C@H](CO)[C@@H](O)[C@H](O)[C@H]2O[C@H]2C[C@](C)(N)[C@H](O)[C@H](C)O2)Oc2ccc(cc2Cl)[C@H]1O. The number of aliphatic carboxylic acids is 2. The van der Waals surface area contributed by atoms with Crippen LogP contribution < -0.4 is 63.3 Å². The van der Waals surface area contributed by atoms with E-state index in [9.17, 15) is 80.1 Å². The number of likely N-dealkylation sites (N-methyl/N-ethyl adjacent to an activating group) is 1. The Kier molecular flexibility index (Phi) is 23.8. The summed E-state index contributed by atoms with van der Waals surface area (Å²) in [6, 6.07) is -1.36. The Bertz CT molecular complexity index is 4060. The highest BCUT2D eigenvalue weighted by atomic mass is 35.5. The quantitative estimate of drug-likeness (QED) is 0.0583. The number of aliphatic hydroxyl groups is 6. The molecule has 2 fully saturated rings. The van der Waals surface area contributed by atoms with E-state index >= 15 is 14.4 Å². The third kappa shape index (κ3) is 16.8. The molecule has 6 heterocycles. The lowest BCUT2D eigenvalue weighted by atomic mass is 9.86. The molecule has 6 amide bonds. The number of aromatic hydroxyl groups is 3. The van der Waals surface area contributed by atoms with Gasteiger partial charge in [-0.15, -0.1) is 0 Å². The fourth-order valence-corrected chi connectivity index (χ4v) is 12.6. The van der Waals surface area contributed by atoms with Crippen LogP contribution in [0.3, 0.4) is 0 Å². The number of nitrogens with two attached hydrogens (primary N) is 3. The van der Waals surface area contributed by atoms with E-state index in [1.165, 1.54) is 27.0 Å². The number of rotatable bonds is 17. The molecule has 6 aliphatic rings. The van der Waals surface area contributed by atoms with Gasteiger partial charge in [-0.1, -0.05) is 55.2 Å². The number of nitrogens with one attached hydrogen (secondary N) is 6. The van der Waals surface area contributed by atoms with Crippen molar-refractivity contribution < 1.29 is 123 Å². The Labute approximate surface area is 589 Å². The van der Waals surface area contributed by atoms with Gasteiger partial charge in [0.25, 0.3) is 0 Å². The molecule has 34 nitrogen and oxygen atoms in total. The average molecular weight is 1470 g/mol. The molecular weight excluding hydrogens is 1390 g/mol.